The lowest BCUT2D eigenvalue weighted by Crippen LogP contribution is -2.63. The van der Waals surface area contributed by atoms with Crippen LogP contribution < -0.4 is 0 Å². The number of aliphatic carboxylic acids is 1. The third-order valence-electron chi connectivity index (χ3n) is 4.18. The minimum absolute atomic E-state index is 0.115. The molecule has 0 aromatic carbocycles. The Hall–Kier alpha value is -0.910. The molecular formula is C16H27NO4S. The van der Waals surface area contributed by atoms with Crippen LogP contribution in [-0.4, -0.2) is 51.3 Å². The van der Waals surface area contributed by atoms with Crippen LogP contribution in [0.15, 0.2) is 0 Å². The molecule has 5 nitrogen and oxygen atoms in total. The quantitative estimate of drug-likeness (QED) is 0.837. The fourth-order valence-electron chi connectivity index (χ4n) is 3.11. The van der Waals surface area contributed by atoms with Crippen molar-refractivity contribution in [1.29, 1.82) is 0 Å². The standard InChI is InChI=1S/C16H27NO4S/c1-15(2,3)21-14(20)17-10-16(11-17,8-13(18)19)22-9-12-6-4-5-7-12/h12H,4-11H2,1-3H3,(H,18,19). The second-order valence-electron chi connectivity index (χ2n) is 7.55. The summed E-state index contributed by atoms with van der Waals surface area (Å²) in [7, 11) is 0. The van der Waals surface area contributed by atoms with Crippen LogP contribution in [0.5, 0.6) is 0 Å². The minimum Gasteiger partial charge on any atom is -0.481 e. The van der Waals surface area contributed by atoms with Gasteiger partial charge in [0.2, 0.25) is 0 Å². The van der Waals surface area contributed by atoms with Crippen molar-refractivity contribution in [2.75, 3.05) is 18.8 Å². The molecule has 1 aliphatic heterocycles. The SMILES string of the molecule is CC(C)(C)OC(=O)N1CC(CC(=O)O)(SCC2CCCC2)C1. The van der Waals surface area contributed by atoms with Gasteiger partial charge in [-0.05, 0) is 45.3 Å². The van der Waals surface area contributed by atoms with Crippen molar-refractivity contribution in [1.82, 2.24) is 4.90 Å². The van der Waals surface area contributed by atoms with Crippen LogP contribution in [0.3, 0.4) is 0 Å². The van der Waals surface area contributed by atoms with Crippen molar-refractivity contribution < 1.29 is 19.4 Å². The lowest BCUT2D eigenvalue weighted by Gasteiger charge is -2.49. The minimum atomic E-state index is -0.789. The summed E-state index contributed by atoms with van der Waals surface area (Å²) < 4.78 is 5.02. The molecule has 2 fully saturated rings. The van der Waals surface area contributed by atoms with Gasteiger partial charge in [0.1, 0.15) is 5.60 Å². The second-order valence-corrected chi connectivity index (χ2v) is 9.04. The zero-order valence-corrected chi connectivity index (χ0v) is 14.6. The molecule has 1 N–H and O–H groups in total. The maximum absolute atomic E-state index is 12.0. The van der Waals surface area contributed by atoms with Crippen LogP contribution in [0.1, 0.15) is 52.9 Å². The monoisotopic (exact) mass is 329 g/mol. The largest absolute Gasteiger partial charge is 0.481 e. The summed E-state index contributed by atoms with van der Waals surface area (Å²) in [4.78, 5) is 24.8. The Morgan fingerprint density at radius 1 is 1.27 bits per heavy atom. The van der Waals surface area contributed by atoms with Gasteiger partial charge in [-0.3, -0.25) is 4.79 Å². The van der Waals surface area contributed by atoms with Gasteiger partial charge in [0, 0.05) is 13.1 Å². The Morgan fingerprint density at radius 3 is 2.36 bits per heavy atom. The van der Waals surface area contributed by atoms with E-state index in [9.17, 15) is 9.59 Å². The maximum Gasteiger partial charge on any atom is 0.410 e. The number of thioether (sulfide) groups is 1. The molecular weight excluding hydrogens is 302 g/mol. The molecule has 1 aliphatic carbocycles. The molecule has 126 valence electrons. The molecule has 2 rings (SSSR count). The maximum atomic E-state index is 12.0. The highest BCUT2D eigenvalue weighted by atomic mass is 32.2. The van der Waals surface area contributed by atoms with E-state index >= 15 is 0 Å². The van der Waals surface area contributed by atoms with Crippen LogP contribution in [0, 0.1) is 5.92 Å². The van der Waals surface area contributed by atoms with E-state index in [-0.39, 0.29) is 17.3 Å². The van der Waals surface area contributed by atoms with Gasteiger partial charge in [0.25, 0.3) is 0 Å². The third kappa shape index (κ3) is 4.80. The molecule has 1 amide bonds. The molecule has 1 saturated carbocycles. The number of ether oxygens (including phenoxy) is 1. The van der Waals surface area contributed by atoms with Crippen LogP contribution >= 0.6 is 11.8 Å². The summed E-state index contributed by atoms with van der Waals surface area (Å²) in [6, 6.07) is 0. The van der Waals surface area contributed by atoms with Crippen molar-refractivity contribution in [3.05, 3.63) is 0 Å². The van der Waals surface area contributed by atoms with E-state index in [1.807, 2.05) is 20.8 Å². The number of nitrogens with zero attached hydrogens (tertiary/aromatic N) is 1. The average molecular weight is 329 g/mol. The Morgan fingerprint density at radius 2 is 1.86 bits per heavy atom. The lowest BCUT2D eigenvalue weighted by atomic mass is 9.95. The first-order valence-electron chi connectivity index (χ1n) is 8.03. The van der Waals surface area contributed by atoms with Crippen LogP contribution in [0.25, 0.3) is 0 Å². The lowest BCUT2D eigenvalue weighted by molar-refractivity contribution is -0.138. The smallest absolute Gasteiger partial charge is 0.410 e. The predicted octanol–water partition coefficient (Wildman–Crippen LogP) is 3.37. The van der Waals surface area contributed by atoms with E-state index in [1.165, 1.54) is 25.7 Å². The summed E-state index contributed by atoms with van der Waals surface area (Å²) in [6.07, 6.45) is 4.87. The Bertz CT molecular complexity index is 420. The zero-order valence-electron chi connectivity index (χ0n) is 13.8. The van der Waals surface area contributed by atoms with Gasteiger partial charge in [-0.25, -0.2) is 4.79 Å². The molecule has 0 bridgehead atoms. The number of carbonyl (C=O) groups excluding carboxylic acids is 1. The van der Waals surface area contributed by atoms with Gasteiger partial charge < -0.3 is 14.7 Å². The summed E-state index contributed by atoms with van der Waals surface area (Å²) >= 11 is 1.75. The van der Waals surface area contributed by atoms with E-state index in [2.05, 4.69) is 0 Å². The highest BCUT2D eigenvalue weighted by Crippen LogP contribution is 2.42. The predicted molar refractivity (Wildman–Crippen MR) is 87.2 cm³/mol. The molecule has 0 aromatic heterocycles. The molecule has 0 aromatic rings. The zero-order chi connectivity index (χ0) is 16.4. The van der Waals surface area contributed by atoms with E-state index in [0.29, 0.717) is 19.0 Å². The van der Waals surface area contributed by atoms with Crippen molar-refractivity contribution in [3.8, 4) is 0 Å². The second kappa shape index (κ2) is 6.69. The number of amides is 1. The number of hydrogen-bond acceptors (Lipinski definition) is 4. The van der Waals surface area contributed by atoms with E-state index in [1.54, 1.807) is 16.7 Å². The average Bonchev–Trinajstić information content (AvgIpc) is 2.81. The molecule has 1 saturated heterocycles. The first kappa shape index (κ1) is 17.4. The number of hydrogen-bond donors (Lipinski definition) is 1. The molecule has 6 heteroatoms. The highest BCUT2D eigenvalue weighted by Gasteiger charge is 2.48. The highest BCUT2D eigenvalue weighted by molar-refractivity contribution is 8.00. The molecule has 0 unspecified atom stereocenters. The molecule has 22 heavy (non-hydrogen) atoms. The van der Waals surface area contributed by atoms with Crippen molar-refractivity contribution in [2.45, 2.75) is 63.2 Å². The number of carboxylic acid groups (broad SMARTS) is 1. The molecule has 2 aliphatic rings. The van der Waals surface area contributed by atoms with Crippen molar-refractivity contribution in [3.63, 3.8) is 0 Å². The van der Waals surface area contributed by atoms with Gasteiger partial charge in [0.15, 0.2) is 0 Å². The number of carboxylic acids is 1. The molecule has 0 atom stereocenters. The Balaban J connectivity index is 1.86. The summed E-state index contributed by atoms with van der Waals surface area (Å²) in [5.41, 5.74) is -0.515. The summed E-state index contributed by atoms with van der Waals surface area (Å²) in [6.45, 7) is 6.47. The molecule has 1 heterocycles. The first-order valence-corrected chi connectivity index (χ1v) is 9.01. The van der Waals surface area contributed by atoms with E-state index in [4.69, 9.17) is 9.84 Å². The Labute approximate surface area is 136 Å². The van der Waals surface area contributed by atoms with E-state index in [0.717, 1.165) is 5.75 Å². The van der Waals surface area contributed by atoms with E-state index < -0.39 is 11.6 Å². The summed E-state index contributed by atoms with van der Waals surface area (Å²) in [5.74, 6) is 0.934. The topological polar surface area (TPSA) is 66.8 Å². The summed E-state index contributed by atoms with van der Waals surface area (Å²) in [5, 5.41) is 9.17. The normalized spacial score (nSPS) is 21.5. The Kier molecular flexibility index (Phi) is 5.30. The molecule has 0 spiro atoms. The van der Waals surface area contributed by atoms with Gasteiger partial charge in [-0.2, -0.15) is 11.8 Å². The van der Waals surface area contributed by atoms with Gasteiger partial charge in [-0.1, -0.05) is 12.8 Å². The van der Waals surface area contributed by atoms with Crippen LogP contribution in [0.4, 0.5) is 4.79 Å². The number of carbonyl (C=O) groups is 2. The molecule has 0 radical (unpaired) electrons. The fraction of sp³-hybridized carbons (Fsp3) is 0.875. The first-order chi connectivity index (χ1) is 10.2. The van der Waals surface area contributed by atoms with Crippen LogP contribution in [-0.2, 0) is 9.53 Å². The van der Waals surface area contributed by atoms with Gasteiger partial charge in [0.05, 0.1) is 11.2 Å². The fourth-order valence-corrected chi connectivity index (χ4v) is 4.75. The van der Waals surface area contributed by atoms with Crippen molar-refractivity contribution in [2.24, 2.45) is 5.92 Å². The van der Waals surface area contributed by atoms with Crippen LogP contribution in [0.2, 0.25) is 0 Å². The van der Waals surface area contributed by atoms with Gasteiger partial charge >= 0.3 is 12.1 Å². The number of likely N-dealkylation sites (tertiary alicyclic amines) is 1. The number of rotatable bonds is 5. The van der Waals surface area contributed by atoms with Gasteiger partial charge in [-0.15, -0.1) is 0 Å². The third-order valence-corrected chi connectivity index (χ3v) is 5.84. The van der Waals surface area contributed by atoms with Crippen molar-refractivity contribution >= 4 is 23.8 Å².